The normalized spacial score (nSPS) is 53.4. The second-order valence-corrected chi connectivity index (χ2v) is 9.11. The number of rotatable bonds is 0. The van der Waals surface area contributed by atoms with Gasteiger partial charge in [-0.25, -0.2) is 0 Å². The molecular weight excluding hydrogens is 264 g/mol. The average molecular weight is 292 g/mol. The first-order valence-electron chi connectivity index (χ1n) is 8.35. The second-order valence-electron chi connectivity index (χ2n) is 8.28. The summed E-state index contributed by atoms with van der Waals surface area (Å²) in [5.41, 5.74) is 14.5. The van der Waals surface area contributed by atoms with E-state index >= 15 is 0 Å². The second kappa shape index (κ2) is 4.05. The third-order valence-electron chi connectivity index (χ3n) is 7.33. The summed E-state index contributed by atoms with van der Waals surface area (Å²) >= 11 is 5.28. The number of hydrogen-bond acceptors (Lipinski definition) is 3. The van der Waals surface area contributed by atoms with E-state index in [4.69, 9.17) is 24.1 Å². The molecule has 2 bridgehead atoms. The van der Waals surface area contributed by atoms with E-state index in [1.807, 2.05) is 0 Å². The number of allylic oxidation sites excluding steroid dienone is 1. The van der Waals surface area contributed by atoms with Gasteiger partial charge in [-0.15, -0.1) is 0 Å². The van der Waals surface area contributed by atoms with Gasteiger partial charge < -0.3 is 11.5 Å². The van der Waals surface area contributed by atoms with Crippen molar-refractivity contribution < 1.29 is 0 Å². The summed E-state index contributed by atoms with van der Waals surface area (Å²) in [7, 11) is 0. The zero-order chi connectivity index (χ0) is 14.2. The molecule has 4 fully saturated rings. The van der Waals surface area contributed by atoms with E-state index < -0.39 is 5.66 Å². The number of thiol groups is 1. The summed E-state index contributed by atoms with van der Waals surface area (Å²) in [6.07, 6.45) is 11.1. The lowest BCUT2D eigenvalue weighted by molar-refractivity contribution is -0.0433. The lowest BCUT2D eigenvalue weighted by Crippen LogP contribution is -2.69. The predicted octanol–water partition coefficient (Wildman–Crippen LogP) is 3.23. The van der Waals surface area contributed by atoms with Crippen LogP contribution in [-0.4, -0.2) is 10.4 Å². The number of nitrogens with two attached hydrogens (primary N) is 2. The Morgan fingerprint density at radius 1 is 1.05 bits per heavy atom. The van der Waals surface area contributed by atoms with Crippen LogP contribution in [0.25, 0.3) is 0 Å². The number of hydrogen-bond donors (Lipinski definition) is 3. The Morgan fingerprint density at radius 2 is 1.85 bits per heavy atom. The highest BCUT2D eigenvalue weighted by molar-refractivity contribution is 7.81. The van der Waals surface area contributed by atoms with E-state index in [0.717, 1.165) is 18.8 Å². The predicted molar refractivity (Wildman–Crippen MR) is 86.4 cm³/mol. The van der Waals surface area contributed by atoms with E-state index in [1.54, 1.807) is 0 Å². The summed E-state index contributed by atoms with van der Waals surface area (Å²) in [5, 5.41) is 0. The van der Waals surface area contributed by atoms with E-state index in [0.29, 0.717) is 17.3 Å². The largest absolute Gasteiger partial charge is 0.313 e. The van der Waals surface area contributed by atoms with Crippen molar-refractivity contribution in [3.63, 3.8) is 0 Å². The molecule has 0 aromatic carbocycles. The van der Waals surface area contributed by atoms with Crippen LogP contribution in [0.1, 0.15) is 57.8 Å². The molecule has 1 spiro atoms. The lowest BCUT2D eigenvalue weighted by atomic mass is 9.49. The quantitative estimate of drug-likeness (QED) is 0.365. The Balaban J connectivity index is 1.74. The lowest BCUT2D eigenvalue weighted by Gasteiger charge is -2.62. The van der Waals surface area contributed by atoms with E-state index in [1.165, 1.54) is 50.5 Å². The SMILES string of the molecule is C=C1CC23CCC4C(N)(N)CCC[C@@]4(S)C2CCC1C3. The summed E-state index contributed by atoms with van der Waals surface area (Å²) < 4.78 is 0.0790. The Morgan fingerprint density at radius 3 is 2.65 bits per heavy atom. The van der Waals surface area contributed by atoms with Gasteiger partial charge >= 0.3 is 0 Å². The maximum absolute atomic E-state index is 6.47. The van der Waals surface area contributed by atoms with Crippen LogP contribution in [0.15, 0.2) is 12.2 Å². The van der Waals surface area contributed by atoms with Gasteiger partial charge in [-0.05, 0) is 75.0 Å². The van der Waals surface area contributed by atoms with Crippen molar-refractivity contribution in [2.45, 2.75) is 68.2 Å². The van der Waals surface area contributed by atoms with Crippen molar-refractivity contribution in [3.8, 4) is 0 Å². The Bertz CT molecular complexity index is 460. The van der Waals surface area contributed by atoms with E-state index in [9.17, 15) is 0 Å². The highest BCUT2D eigenvalue weighted by Gasteiger charge is 2.64. The molecule has 0 aliphatic heterocycles. The Kier molecular flexibility index (Phi) is 2.77. The van der Waals surface area contributed by atoms with Crippen LogP contribution >= 0.6 is 12.6 Å². The fourth-order valence-electron chi connectivity index (χ4n) is 6.55. The monoisotopic (exact) mass is 292 g/mol. The standard InChI is InChI=1S/C17H28N2S/c1-11-9-15-8-5-14-16(20,6-2-7-17(14,18)19)13(15)4-3-12(11)10-15/h12-14,20H,1-10,18-19H2/t12?,13?,14?,15?,16-/m1/s1. The minimum absolute atomic E-state index is 0.0790. The summed E-state index contributed by atoms with van der Waals surface area (Å²) in [6, 6.07) is 0. The topological polar surface area (TPSA) is 52.0 Å². The van der Waals surface area contributed by atoms with Crippen LogP contribution < -0.4 is 11.5 Å². The molecule has 0 amide bonds. The summed E-state index contributed by atoms with van der Waals surface area (Å²) in [5.74, 6) is 1.90. The van der Waals surface area contributed by atoms with Crippen LogP contribution in [0.5, 0.6) is 0 Å². The van der Waals surface area contributed by atoms with Gasteiger partial charge in [-0.1, -0.05) is 12.2 Å². The third kappa shape index (κ3) is 1.60. The third-order valence-corrected chi connectivity index (χ3v) is 8.17. The molecule has 4 rings (SSSR count). The number of fused-ring (bicyclic) bond motifs is 3. The maximum atomic E-state index is 6.47. The zero-order valence-corrected chi connectivity index (χ0v) is 13.3. The molecule has 4 aliphatic rings. The van der Waals surface area contributed by atoms with Gasteiger partial charge in [0.2, 0.25) is 0 Å². The van der Waals surface area contributed by atoms with Crippen LogP contribution in [0, 0.1) is 23.2 Å². The molecular formula is C17H28N2S. The fourth-order valence-corrected chi connectivity index (χ4v) is 7.48. The molecule has 4 saturated carbocycles. The molecule has 4 N–H and O–H groups in total. The maximum Gasteiger partial charge on any atom is 0.0679 e. The average Bonchev–Trinajstić information content (AvgIpc) is 2.58. The Labute approximate surface area is 128 Å². The van der Waals surface area contributed by atoms with Crippen LogP contribution in [-0.2, 0) is 0 Å². The molecule has 112 valence electrons. The molecule has 3 heteroatoms. The van der Waals surface area contributed by atoms with Gasteiger partial charge in [0.15, 0.2) is 0 Å². The van der Waals surface area contributed by atoms with Crippen molar-refractivity contribution in [3.05, 3.63) is 12.2 Å². The van der Waals surface area contributed by atoms with Crippen molar-refractivity contribution in [1.82, 2.24) is 0 Å². The summed E-state index contributed by atoms with van der Waals surface area (Å²) in [4.78, 5) is 0. The van der Waals surface area contributed by atoms with Crippen LogP contribution in [0.4, 0.5) is 0 Å². The molecule has 2 nitrogen and oxygen atoms in total. The highest BCUT2D eigenvalue weighted by atomic mass is 32.1. The van der Waals surface area contributed by atoms with E-state index in [-0.39, 0.29) is 4.75 Å². The molecule has 4 aliphatic carbocycles. The molecule has 0 heterocycles. The van der Waals surface area contributed by atoms with Gasteiger partial charge in [0.25, 0.3) is 0 Å². The van der Waals surface area contributed by atoms with Gasteiger partial charge in [-0.2, -0.15) is 12.6 Å². The highest BCUT2D eigenvalue weighted by Crippen LogP contribution is 2.69. The minimum atomic E-state index is -0.492. The van der Waals surface area contributed by atoms with Crippen molar-refractivity contribution in [2.24, 2.45) is 34.6 Å². The van der Waals surface area contributed by atoms with Crippen LogP contribution in [0.3, 0.4) is 0 Å². The molecule has 0 aromatic heterocycles. The van der Waals surface area contributed by atoms with Gasteiger partial charge in [0.1, 0.15) is 0 Å². The molecule has 0 radical (unpaired) electrons. The first-order valence-corrected chi connectivity index (χ1v) is 8.80. The van der Waals surface area contributed by atoms with Crippen molar-refractivity contribution >= 4 is 12.6 Å². The van der Waals surface area contributed by atoms with Gasteiger partial charge in [0.05, 0.1) is 5.66 Å². The minimum Gasteiger partial charge on any atom is -0.313 e. The van der Waals surface area contributed by atoms with Crippen molar-refractivity contribution in [1.29, 1.82) is 0 Å². The molecule has 20 heavy (non-hydrogen) atoms. The molecule has 4 unspecified atom stereocenters. The Hall–Kier alpha value is 0.0100. The first kappa shape index (κ1) is 13.7. The van der Waals surface area contributed by atoms with Gasteiger partial charge in [-0.3, -0.25) is 0 Å². The first-order chi connectivity index (χ1) is 9.37. The smallest absolute Gasteiger partial charge is 0.0679 e. The molecule has 0 saturated heterocycles. The molecule has 0 aromatic rings. The molecule has 5 atom stereocenters. The van der Waals surface area contributed by atoms with Crippen LogP contribution in [0.2, 0.25) is 0 Å². The van der Waals surface area contributed by atoms with E-state index in [2.05, 4.69) is 6.58 Å². The zero-order valence-electron chi connectivity index (χ0n) is 12.4. The van der Waals surface area contributed by atoms with Gasteiger partial charge in [0, 0.05) is 10.7 Å². The summed E-state index contributed by atoms with van der Waals surface area (Å²) in [6.45, 7) is 4.36. The van der Waals surface area contributed by atoms with Crippen molar-refractivity contribution in [2.75, 3.05) is 0 Å². The fraction of sp³-hybridized carbons (Fsp3) is 0.882.